The van der Waals surface area contributed by atoms with Crippen molar-refractivity contribution in [2.24, 2.45) is 5.73 Å². The fourth-order valence-corrected chi connectivity index (χ4v) is 4.18. The number of aryl methyl sites for hydroxylation is 2. The molecule has 1 aromatic carbocycles. The van der Waals surface area contributed by atoms with Crippen molar-refractivity contribution in [1.29, 1.82) is 0 Å². The van der Waals surface area contributed by atoms with E-state index in [1.165, 1.54) is 35.3 Å². The molecule has 2 heterocycles. The number of aromatic nitrogens is 1. The molecule has 3 N–H and O–H groups in total. The summed E-state index contributed by atoms with van der Waals surface area (Å²) in [4.78, 5) is 16.8. The number of amides is 1. The van der Waals surface area contributed by atoms with E-state index in [2.05, 4.69) is 28.5 Å². The van der Waals surface area contributed by atoms with Gasteiger partial charge in [0, 0.05) is 17.5 Å². The number of thiazole rings is 1. The smallest absolute Gasteiger partial charge is 0.255 e. The minimum absolute atomic E-state index is 0.000908. The van der Waals surface area contributed by atoms with Gasteiger partial charge in [0.1, 0.15) is 6.10 Å². The summed E-state index contributed by atoms with van der Waals surface area (Å²) in [7, 11) is 0. The van der Waals surface area contributed by atoms with Gasteiger partial charge in [-0.15, -0.1) is 11.3 Å². The van der Waals surface area contributed by atoms with Gasteiger partial charge in [0.15, 0.2) is 5.13 Å². The van der Waals surface area contributed by atoms with Gasteiger partial charge in [0.2, 0.25) is 0 Å². The van der Waals surface area contributed by atoms with E-state index in [0.717, 1.165) is 30.5 Å². The monoisotopic (exact) mass is 343 g/mol. The van der Waals surface area contributed by atoms with Crippen LogP contribution in [0.3, 0.4) is 0 Å². The third kappa shape index (κ3) is 3.09. The number of carbonyl (C=O) groups excluding carboxylic acids is 1. The van der Waals surface area contributed by atoms with Crippen LogP contribution in [0.1, 0.15) is 30.4 Å². The van der Waals surface area contributed by atoms with Crippen LogP contribution in [0.5, 0.6) is 0 Å². The summed E-state index contributed by atoms with van der Waals surface area (Å²) in [6, 6.07) is 6.56. The van der Waals surface area contributed by atoms with Gasteiger partial charge in [-0.3, -0.25) is 10.1 Å². The number of nitrogens with two attached hydrogens (primary N) is 1. The summed E-state index contributed by atoms with van der Waals surface area (Å²) in [5.41, 5.74) is 10.5. The maximum Gasteiger partial charge on any atom is 0.255 e. The quantitative estimate of drug-likeness (QED) is 0.895. The predicted octanol–water partition coefficient (Wildman–Crippen LogP) is 2.74. The molecule has 1 aliphatic carbocycles. The van der Waals surface area contributed by atoms with E-state index in [-0.39, 0.29) is 12.0 Å². The van der Waals surface area contributed by atoms with Crippen molar-refractivity contribution in [2.75, 3.05) is 11.9 Å². The minimum atomic E-state index is -0.411. The second kappa shape index (κ2) is 6.63. The highest BCUT2D eigenvalue weighted by atomic mass is 32.1. The van der Waals surface area contributed by atoms with Gasteiger partial charge in [-0.25, -0.2) is 4.98 Å². The number of hydrogen-bond acceptors (Lipinski definition) is 5. The molecule has 1 aromatic heterocycles. The van der Waals surface area contributed by atoms with Crippen LogP contribution in [0.2, 0.25) is 0 Å². The zero-order valence-electron chi connectivity index (χ0n) is 13.5. The lowest BCUT2D eigenvalue weighted by atomic mass is 10.1. The minimum Gasteiger partial charge on any atom is -0.364 e. The van der Waals surface area contributed by atoms with E-state index in [1.54, 1.807) is 0 Å². The lowest BCUT2D eigenvalue weighted by Gasteiger charge is -2.11. The number of nitrogens with zero attached hydrogens (tertiary/aromatic N) is 1. The van der Waals surface area contributed by atoms with Crippen molar-refractivity contribution in [3.8, 4) is 11.3 Å². The first kappa shape index (κ1) is 15.7. The second-order valence-corrected chi connectivity index (χ2v) is 7.28. The molecule has 5 nitrogen and oxygen atoms in total. The molecule has 0 saturated carbocycles. The number of hydrogen-bond donors (Lipinski definition) is 2. The number of rotatable bonds is 4. The van der Waals surface area contributed by atoms with Crippen LogP contribution in [0.15, 0.2) is 23.6 Å². The lowest BCUT2D eigenvalue weighted by Crippen LogP contribution is -2.29. The summed E-state index contributed by atoms with van der Waals surface area (Å²) < 4.78 is 5.63. The highest BCUT2D eigenvalue weighted by Crippen LogP contribution is 2.30. The molecule has 126 valence electrons. The van der Waals surface area contributed by atoms with Crippen molar-refractivity contribution >= 4 is 22.4 Å². The first-order valence-electron chi connectivity index (χ1n) is 8.47. The Morgan fingerprint density at radius 1 is 1.33 bits per heavy atom. The Morgan fingerprint density at radius 3 is 3.04 bits per heavy atom. The summed E-state index contributed by atoms with van der Waals surface area (Å²) in [6.07, 6.45) is 4.72. The Balaban J connectivity index is 1.44. The van der Waals surface area contributed by atoms with Gasteiger partial charge in [0.05, 0.1) is 11.8 Å². The van der Waals surface area contributed by atoms with Crippen molar-refractivity contribution < 1.29 is 9.53 Å². The molecule has 0 radical (unpaired) electrons. The van der Waals surface area contributed by atoms with Crippen LogP contribution < -0.4 is 11.1 Å². The fourth-order valence-electron chi connectivity index (χ4n) is 3.45. The number of benzene rings is 1. The van der Waals surface area contributed by atoms with Crippen molar-refractivity contribution in [3.05, 3.63) is 34.7 Å². The Labute approximate surface area is 145 Å². The van der Waals surface area contributed by atoms with Gasteiger partial charge >= 0.3 is 0 Å². The Morgan fingerprint density at radius 2 is 2.21 bits per heavy atom. The molecule has 2 atom stereocenters. The molecule has 0 spiro atoms. The number of nitrogens with one attached hydrogen (secondary N) is 1. The van der Waals surface area contributed by atoms with Gasteiger partial charge in [-0.1, -0.05) is 12.1 Å². The lowest BCUT2D eigenvalue weighted by molar-refractivity contribution is -0.126. The van der Waals surface area contributed by atoms with Crippen molar-refractivity contribution in [2.45, 2.75) is 44.3 Å². The van der Waals surface area contributed by atoms with E-state index in [4.69, 9.17) is 10.5 Å². The molecule has 6 heteroatoms. The molecule has 0 unspecified atom stereocenters. The van der Waals surface area contributed by atoms with Crippen LogP contribution in [-0.2, 0) is 22.4 Å². The van der Waals surface area contributed by atoms with Crippen LogP contribution in [0.25, 0.3) is 11.3 Å². The summed E-state index contributed by atoms with van der Waals surface area (Å²) in [6.45, 7) is 0.462. The summed E-state index contributed by atoms with van der Waals surface area (Å²) >= 11 is 1.45. The highest BCUT2D eigenvalue weighted by molar-refractivity contribution is 7.14. The third-order valence-corrected chi connectivity index (χ3v) is 5.55. The van der Waals surface area contributed by atoms with Crippen LogP contribution >= 0.6 is 11.3 Å². The first-order valence-corrected chi connectivity index (χ1v) is 9.35. The molecular formula is C18H21N3O2S. The topological polar surface area (TPSA) is 77.2 Å². The maximum atomic E-state index is 12.3. The van der Waals surface area contributed by atoms with E-state index >= 15 is 0 Å². The molecule has 2 aliphatic rings. The molecule has 24 heavy (non-hydrogen) atoms. The van der Waals surface area contributed by atoms with Gasteiger partial charge in [-0.2, -0.15) is 0 Å². The molecular weight excluding hydrogens is 322 g/mol. The first-order chi connectivity index (χ1) is 11.7. The number of ether oxygens (including phenoxy) is 1. The molecule has 1 amide bonds. The van der Waals surface area contributed by atoms with Crippen LogP contribution in [0, 0.1) is 0 Å². The Bertz CT molecular complexity index is 758. The van der Waals surface area contributed by atoms with Crippen molar-refractivity contribution in [3.63, 3.8) is 0 Å². The van der Waals surface area contributed by atoms with E-state index < -0.39 is 6.10 Å². The summed E-state index contributed by atoms with van der Waals surface area (Å²) in [5, 5.41) is 5.48. The number of fused-ring (bicyclic) bond motifs is 1. The van der Waals surface area contributed by atoms with Crippen LogP contribution in [0.4, 0.5) is 5.13 Å². The molecule has 4 rings (SSSR count). The fraction of sp³-hybridized carbons (Fsp3) is 0.444. The third-order valence-electron chi connectivity index (χ3n) is 4.79. The molecule has 0 bridgehead atoms. The van der Waals surface area contributed by atoms with Gasteiger partial charge in [0.25, 0.3) is 5.91 Å². The zero-order chi connectivity index (χ0) is 16.5. The van der Waals surface area contributed by atoms with Gasteiger partial charge < -0.3 is 10.5 Å². The Kier molecular flexibility index (Phi) is 4.35. The number of carbonyl (C=O) groups is 1. The molecule has 2 aromatic rings. The zero-order valence-corrected chi connectivity index (χ0v) is 14.3. The van der Waals surface area contributed by atoms with E-state index in [1.807, 2.05) is 5.38 Å². The molecule has 1 fully saturated rings. The number of anilines is 1. The summed E-state index contributed by atoms with van der Waals surface area (Å²) in [5.74, 6) is -0.124. The second-order valence-electron chi connectivity index (χ2n) is 6.42. The van der Waals surface area contributed by atoms with E-state index in [0.29, 0.717) is 11.7 Å². The van der Waals surface area contributed by atoms with E-state index in [9.17, 15) is 4.79 Å². The van der Waals surface area contributed by atoms with Crippen molar-refractivity contribution in [1.82, 2.24) is 4.98 Å². The average Bonchev–Trinajstić information content (AvgIpc) is 3.33. The SMILES string of the molecule is NC[C@H]1CC[C@@H](C(=O)Nc2nc(-c3ccc4c(c3)CCC4)cs2)O1. The maximum absolute atomic E-state index is 12.3. The normalized spacial score (nSPS) is 22.5. The highest BCUT2D eigenvalue weighted by Gasteiger charge is 2.30. The standard InChI is InChI=1S/C18H21N3O2S/c19-9-14-6-7-16(23-14)17(22)21-18-20-15(10-24-18)13-5-4-11-2-1-3-12(11)8-13/h4-5,8,10,14,16H,1-3,6-7,9,19H2,(H,20,21,22)/t14-,16+/m1/s1. The average molecular weight is 343 g/mol. The molecule has 1 aliphatic heterocycles. The van der Waals surface area contributed by atoms with Crippen LogP contribution in [-0.4, -0.2) is 29.6 Å². The Hall–Kier alpha value is -1.76. The largest absolute Gasteiger partial charge is 0.364 e. The predicted molar refractivity (Wildman–Crippen MR) is 95.2 cm³/mol. The van der Waals surface area contributed by atoms with Gasteiger partial charge in [-0.05, 0) is 49.3 Å². The molecule has 1 saturated heterocycles.